The fraction of sp³-hybridized carbons (Fsp3) is 0.448. The zero-order valence-corrected chi connectivity index (χ0v) is 21.6. The lowest BCUT2D eigenvalue weighted by Gasteiger charge is -2.45. The van der Waals surface area contributed by atoms with Crippen LogP contribution in [0.4, 0.5) is 0 Å². The molecule has 0 amide bonds. The third-order valence-electron chi connectivity index (χ3n) is 7.56. The van der Waals surface area contributed by atoms with E-state index in [2.05, 4.69) is 107 Å². The van der Waals surface area contributed by atoms with Crippen LogP contribution in [-0.4, -0.2) is 20.5 Å². The quantitative estimate of drug-likeness (QED) is 0.273. The summed E-state index contributed by atoms with van der Waals surface area (Å²) < 4.78 is 13.4. The van der Waals surface area contributed by atoms with Crippen molar-refractivity contribution in [3.63, 3.8) is 0 Å². The summed E-state index contributed by atoms with van der Waals surface area (Å²) in [5.74, 6) is 0. The monoisotopic (exact) mass is 448 g/mol. The van der Waals surface area contributed by atoms with Crippen LogP contribution in [0.2, 0.25) is 18.1 Å². The van der Waals surface area contributed by atoms with Crippen LogP contribution in [0, 0.1) is 5.41 Å². The van der Waals surface area contributed by atoms with Crippen LogP contribution < -0.4 is 0 Å². The highest BCUT2D eigenvalue weighted by molar-refractivity contribution is 6.74. The summed E-state index contributed by atoms with van der Waals surface area (Å²) in [4.78, 5) is 0. The summed E-state index contributed by atoms with van der Waals surface area (Å²) >= 11 is 0. The summed E-state index contributed by atoms with van der Waals surface area (Å²) in [6.45, 7) is 17.1. The van der Waals surface area contributed by atoms with Gasteiger partial charge in [-0.3, -0.25) is 0 Å². The Hall–Kier alpha value is -1.94. The van der Waals surface area contributed by atoms with Crippen molar-refractivity contribution in [3.05, 3.63) is 96.6 Å². The molecule has 0 heterocycles. The molecule has 1 aliphatic rings. The molecule has 32 heavy (non-hydrogen) atoms. The molecule has 0 radical (unpaired) electrons. The van der Waals surface area contributed by atoms with Crippen molar-refractivity contribution in [1.29, 1.82) is 0 Å². The van der Waals surface area contributed by atoms with Gasteiger partial charge in [-0.2, -0.15) is 0 Å². The van der Waals surface area contributed by atoms with Crippen LogP contribution in [-0.2, 0) is 22.2 Å². The summed E-state index contributed by atoms with van der Waals surface area (Å²) in [6.07, 6.45) is 9.36. The van der Waals surface area contributed by atoms with Crippen LogP contribution in [0.3, 0.4) is 0 Å². The maximum Gasteiger partial charge on any atom is 0.191 e. The second-order valence-electron chi connectivity index (χ2n) is 10.7. The first-order chi connectivity index (χ1) is 15.1. The molecule has 0 fully saturated rings. The molecular formula is C29H40O2Si. The highest BCUT2D eigenvalue weighted by atomic mass is 28.4. The molecule has 2 nitrogen and oxygen atoms in total. The van der Waals surface area contributed by atoms with E-state index in [1.54, 1.807) is 0 Å². The molecule has 2 aromatic rings. The second kappa shape index (κ2) is 9.90. The first-order valence-electron chi connectivity index (χ1n) is 11.8. The predicted molar refractivity (Wildman–Crippen MR) is 138 cm³/mol. The molecule has 0 spiro atoms. The topological polar surface area (TPSA) is 18.5 Å². The van der Waals surface area contributed by atoms with Gasteiger partial charge in [0.05, 0.1) is 6.61 Å². The molecule has 0 N–H and O–H groups in total. The number of benzene rings is 2. The van der Waals surface area contributed by atoms with Crippen molar-refractivity contribution in [3.8, 4) is 0 Å². The van der Waals surface area contributed by atoms with Crippen LogP contribution in [0.15, 0.2) is 85.5 Å². The van der Waals surface area contributed by atoms with Crippen molar-refractivity contribution in [2.45, 2.75) is 70.4 Å². The van der Waals surface area contributed by atoms with Crippen molar-refractivity contribution >= 4 is 8.32 Å². The minimum Gasteiger partial charge on any atom is -0.417 e. The van der Waals surface area contributed by atoms with Gasteiger partial charge in [-0.05, 0) is 48.5 Å². The Kier molecular flexibility index (Phi) is 7.64. The Morgan fingerprint density at radius 1 is 0.969 bits per heavy atom. The van der Waals surface area contributed by atoms with Gasteiger partial charge in [0, 0.05) is 12.0 Å². The van der Waals surface area contributed by atoms with Gasteiger partial charge in [0.25, 0.3) is 0 Å². The Balaban J connectivity index is 1.87. The lowest BCUT2D eigenvalue weighted by molar-refractivity contribution is -0.0773. The van der Waals surface area contributed by atoms with Gasteiger partial charge in [0.15, 0.2) is 8.32 Å². The molecule has 3 rings (SSSR count). The average Bonchev–Trinajstić information content (AvgIpc) is 3.11. The Morgan fingerprint density at radius 3 is 2.12 bits per heavy atom. The lowest BCUT2D eigenvalue weighted by atomic mass is 9.67. The van der Waals surface area contributed by atoms with E-state index in [0.29, 0.717) is 6.61 Å². The number of rotatable bonds is 10. The highest BCUT2D eigenvalue weighted by Gasteiger charge is 2.51. The van der Waals surface area contributed by atoms with Gasteiger partial charge < -0.3 is 9.16 Å². The number of hydrogen-bond acceptors (Lipinski definition) is 2. The van der Waals surface area contributed by atoms with Crippen molar-refractivity contribution in [2.75, 3.05) is 6.61 Å². The molecule has 2 aromatic carbocycles. The van der Waals surface area contributed by atoms with Crippen LogP contribution in [0.5, 0.6) is 0 Å². The van der Waals surface area contributed by atoms with E-state index in [-0.39, 0.29) is 10.5 Å². The molecule has 0 saturated carbocycles. The minimum absolute atomic E-state index is 0.118. The van der Waals surface area contributed by atoms with E-state index >= 15 is 0 Å². The molecule has 0 unspecified atom stereocenters. The third kappa shape index (κ3) is 5.33. The molecule has 172 valence electrons. The summed E-state index contributed by atoms with van der Waals surface area (Å²) in [5.41, 5.74) is 1.88. The largest absolute Gasteiger partial charge is 0.417 e. The Labute approximate surface area is 196 Å². The van der Waals surface area contributed by atoms with E-state index in [1.807, 2.05) is 12.1 Å². The third-order valence-corrected chi connectivity index (χ3v) is 12.1. The number of allylic oxidation sites excluding steroid dienone is 1. The first kappa shape index (κ1) is 24.7. The first-order valence-corrected chi connectivity index (χ1v) is 14.7. The van der Waals surface area contributed by atoms with Gasteiger partial charge >= 0.3 is 0 Å². The van der Waals surface area contributed by atoms with E-state index in [4.69, 9.17) is 9.16 Å². The lowest BCUT2D eigenvalue weighted by Crippen LogP contribution is -2.48. The van der Waals surface area contributed by atoms with Crippen molar-refractivity contribution < 1.29 is 9.16 Å². The fourth-order valence-electron chi connectivity index (χ4n) is 4.42. The van der Waals surface area contributed by atoms with E-state index in [0.717, 1.165) is 25.9 Å². The molecule has 0 bridgehead atoms. The van der Waals surface area contributed by atoms with Crippen LogP contribution >= 0.6 is 0 Å². The highest BCUT2D eigenvalue weighted by Crippen LogP contribution is 2.51. The molecular weight excluding hydrogens is 408 g/mol. The van der Waals surface area contributed by atoms with E-state index < -0.39 is 13.9 Å². The van der Waals surface area contributed by atoms with Gasteiger partial charge in [-0.1, -0.05) is 106 Å². The van der Waals surface area contributed by atoms with Gasteiger partial charge in [0.2, 0.25) is 0 Å². The molecule has 0 aliphatic heterocycles. The van der Waals surface area contributed by atoms with Crippen LogP contribution in [0.25, 0.3) is 0 Å². The minimum atomic E-state index is -1.82. The maximum atomic E-state index is 6.71. The van der Waals surface area contributed by atoms with E-state index in [9.17, 15) is 0 Å². The number of hydrogen-bond donors (Lipinski definition) is 0. The molecule has 0 aromatic heterocycles. The van der Waals surface area contributed by atoms with Gasteiger partial charge in [0.1, 0.15) is 5.60 Å². The second-order valence-corrected chi connectivity index (χ2v) is 15.5. The predicted octanol–water partition coefficient (Wildman–Crippen LogP) is 7.73. The smallest absolute Gasteiger partial charge is 0.191 e. The number of ether oxygens (including phenoxy) is 1. The zero-order valence-electron chi connectivity index (χ0n) is 20.6. The van der Waals surface area contributed by atoms with Crippen LogP contribution in [0.1, 0.15) is 44.7 Å². The van der Waals surface area contributed by atoms with Gasteiger partial charge in [-0.25, -0.2) is 0 Å². The van der Waals surface area contributed by atoms with Crippen molar-refractivity contribution in [2.24, 2.45) is 5.41 Å². The Bertz CT molecular complexity index is 898. The molecule has 1 aliphatic carbocycles. The van der Waals surface area contributed by atoms with Crippen molar-refractivity contribution in [1.82, 2.24) is 0 Å². The zero-order chi connectivity index (χ0) is 23.3. The fourth-order valence-corrected chi connectivity index (χ4v) is 5.46. The van der Waals surface area contributed by atoms with Gasteiger partial charge in [-0.15, -0.1) is 0 Å². The maximum absolute atomic E-state index is 6.71. The molecule has 0 saturated heterocycles. The summed E-state index contributed by atoms with van der Waals surface area (Å²) in [6, 6.07) is 21.2. The summed E-state index contributed by atoms with van der Waals surface area (Å²) in [5, 5.41) is 0.201. The van der Waals surface area contributed by atoms with E-state index in [1.165, 1.54) is 11.1 Å². The average molecular weight is 449 g/mol. The Morgan fingerprint density at radius 2 is 1.56 bits per heavy atom. The SMILES string of the molecule is C=C[C@@]1(OCc2ccccc2)C=CC[C@@]1(CCO[Si](C)(C)C(C)(C)C)Cc1ccccc1. The molecule has 3 heteroatoms. The summed E-state index contributed by atoms with van der Waals surface area (Å²) in [7, 11) is -1.82. The standard InChI is InChI=1S/C29H40O2Si/c1-7-29(30-24-26-17-12-9-13-18-26)20-14-19-28(29,23-25-15-10-8-11-16-25)21-22-31-32(5,6)27(2,3)4/h7-18,20H,1,19,21-24H2,2-6H3/t28-,29-/m1/s1. The normalized spacial score (nSPS) is 23.4. The molecule has 2 atom stereocenters.